The number of piperidine rings is 1. The lowest BCUT2D eigenvalue weighted by atomic mass is 9.94. The van der Waals surface area contributed by atoms with Crippen LogP contribution in [0, 0.1) is 11.8 Å². The molecule has 0 bridgehead atoms. The van der Waals surface area contributed by atoms with Gasteiger partial charge in [0.1, 0.15) is 6.29 Å². The maximum Gasteiger partial charge on any atom is 0.309 e. The largest absolute Gasteiger partial charge is 0.465 e. The molecular weight excluding hydrogens is 426 g/mol. The molecule has 1 aliphatic heterocycles. The predicted molar refractivity (Wildman–Crippen MR) is 143 cm³/mol. The fourth-order valence-corrected chi connectivity index (χ4v) is 4.81. The van der Waals surface area contributed by atoms with Crippen molar-refractivity contribution in [3.05, 3.63) is 0 Å². The third-order valence-corrected chi connectivity index (χ3v) is 7.16. The zero-order valence-corrected chi connectivity index (χ0v) is 22.9. The van der Waals surface area contributed by atoms with Gasteiger partial charge in [-0.1, -0.05) is 90.4 Å². The van der Waals surface area contributed by atoms with E-state index in [1.54, 1.807) is 0 Å². The lowest BCUT2D eigenvalue weighted by Gasteiger charge is -2.28. The van der Waals surface area contributed by atoms with Crippen molar-refractivity contribution < 1.29 is 19.4 Å². The minimum atomic E-state index is 0.0502. The van der Waals surface area contributed by atoms with Crippen molar-refractivity contribution in [2.45, 2.75) is 129 Å². The monoisotopic (exact) mass is 483 g/mol. The lowest BCUT2D eigenvalue weighted by molar-refractivity contribution is -0.151. The summed E-state index contributed by atoms with van der Waals surface area (Å²) < 4.78 is 5.83. The molecule has 0 saturated carbocycles. The van der Waals surface area contributed by atoms with Gasteiger partial charge >= 0.3 is 5.97 Å². The SMILES string of the molecule is CCCCCCCCCCC(CCCCCCCCC=O)COC(=O)C1CCN(C)CC1.CO. The molecule has 0 aromatic heterocycles. The fraction of sp³-hybridized carbons (Fsp3) is 0.931. The van der Waals surface area contributed by atoms with Crippen molar-refractivity contribution in [3.8, 4) is 0 Å². The van der Waals surface area contributed by atoms with E-state index in [4.69, 9.17) is 9.84 Å². The van der Waals surface area contributed by atoms with Gasteiger partial charge in [-0.05, 0) is 58.2 Å². The molecule has 1 aliphatic rings. The van der Waals surface area contributed by atoms with Gasteiger partial charge in [0, 0.05) is 13.5 Å². The lowest BCUT2D eigenvalue weighted by Crippen LogP contribution is -2.34. The highest BCUT2D eigenvalue weighted by molar-refractivity contribution is 5.72. The van der Waals surface area contributed by atoms with Crippen LogP contribution in [0.3, 0.4) is 0 Å². The van der Waals surface area contributed by atoms with Crippen molar-refractivity contribution in [3.63, 3.8) is 0 Å². The molecule has 0 aromatic rings. The second-order valence-corrected chi connectivity index (χ2v) is 10.2. The molecule has 34 heavy (non-hydrogen) atoms. The third-order valence-electron chi connectivity index (χ3n) is 7.16. The zero-order valence-electron chi connectivity index (χ0n) is 22.9. The Hall–Kier alpha value is -0.940. The van der Waals surface area contributed by atoms with Crippen LogP contribution in [-0.2, 0) is 14.3 Å². The van der Waals surface area contributed by atoms with E-state index in [-0.39, 0.29) is 11.9 Å². The predicted octanol–water partition coefficient (Wildman–Crippen LogP) is 6.95. The molecule has 5 nitrogen and oxygen atoms in total. The Morgan fingerprint density at radius 3 is 1.82 bits per heavy atom. The van der Waals surface area contributed by atoms with Gasteiger partial charge in [-0.3, -0.25) is 4.79 Å². The third kappa shape index (κ3) is 19.4. The summed E-state index contributed by atoms with van der Waals surface area (Å²) in [6.07, 6.45) is 24.0. The highest BCUT2D eigenvalue weighted by atomic mass is 16.5. The first-order valence-corrected chi connectivity index (χ1v) is 14.4. The van der Waals surface area contributed by atoms with Gasteiger partial charge in [0.25, 0.3) is 0 Å². The number of likely N-dealkylation sites (tertiary alicyclic amines) is 1. The minimum absolute atomic E-state index is 0.0502. The van der Waals surface area contributed by atoms with Crippen LogP contribution in [0.5, 0.6) is 0 Å². The maximum atomic E-state index is 12.5. The Labute approximate surface area is 211 Å². The average Bonchev–Trinajstić information content (AvgIpc) is 2.86. The molecule has 0 amide bonds. The van der Waals surface area contributed by atoms with E-state index >= 15 is 0 Å². The van der Waals surface area contributed by atoms with Crippen LogP contribution in [0.2, 0.25) is 0 Å². The highest BCUT2D eigenvalue weighted by Gasteiger charge is 2.25. The second kappa shape index (κ2) is 25.2. The number of unbranched alkanes of at least 4 members (excludes halogenated alkanes) is 13. The quantitative estimate of drug-likeness (QED) is 0.109. The second-order valence-electron chi connectivity index (χ2n) is 10.2. The molecule has 0 spiro atoms. The first-order chi connectivity index (χ1) is 16.7. The van der Waals surface area contributed by atoms with Crippen LogP contribution in [0.25, 0.3) is 0 Å². The van der Waals surface area contributed by atoms with E-state index in [9.17, 15) is 9.59 Å². The summed E-state index contributed by atoms with van der Waals surface area (Å²) in [6, 6.07) is 0. The first kappa shape index (κ1) is 33.1. The maximum absolute atomic E-state index is 12.5. The molecule has 1 unspecified atom stereocenters. The summed E-state index contributed by atoms with van der Waals surface area (Å²) in [5.41, 5.74) is 0. The number of nitrogens with zero attached hydrogens (tertiary/aromatic N) is 1. The van der Waals surface area contributed by atoms with E-state index in [1.807, 2.05) is 0 Å². The van der Waals surface area contributed by atoms with Crippen molar-refractivity contribution in [2.75, 3.05) is 33.9 Å². The zero-order chi connectivity index (χ0) is 25.3. The Balaban J connectivity index is 0.00000529. The van der Waals surface area contributed by atoms with Crippen LogP contribution in [0.15, 0.2) is 0 Å². The number of aliphatic hydroxyl groups excluding tert-OH is 1. The van der Waals surface area contributed by atoms with E-state index in [2.05, 4.69) is 18.9 Å². The number of aliphatic hydroxyl groups is 1. The molecule has 0 radical (unpaired) electrons. The molecule has 1 fully saturated rings. The van der Waals surface area contributed by atoms with Gasteiger partial charge in [-0.15, -0.1) is 0 Å². The number of carbonyl (C=O) groups is 2. The van der Waals surface area contributed by atoms with Gasteiger partial charge in [0.15, 0.2) is 0 Å². The molecule has 202 valence electrons. The van der Waals surface area contributed by atoms with Crippen LogP contribution >= 0.6 is 0 Å². The smallest absolute Gasteiger partial charge is 0.309 e. The van der Waals surface area contributed by atoms with Gasteiger partial charge < -0.3 is 19.5 Å². The van der Waals surface area contributed by atoms with Crippen LogP contribution < -0.4 is 0 Å². The van der Waals surface area contributed by atoms with Crippen molar-refractivity contribution in [2.24, 2.45) is 11.8 Å². The Morgan fingerprint density at radius 2 is 1.32 bits per heavy atom. The summed E-state index contributed by atoms with van der Waals surface area (Å²) in [4.78, 5) is 25.2. The molecule has 0 aromatic carbocycles. The van der Waals surface area contributed by atoms with Gasteiger partial charge in [-0.2, -0.15) is 0 Å². The van der Waals surface area contributed by atoms with Gasteiger partial charge in [-0.25, -0.2) is 0 Å². The Bertz CT molecular complexity index is 449. The minimum Gasteiger partial charge on any atom is -0.465 e. The topological polar surface area (TPSA) is 66.8 Å². The number of aldehydes is 1. The van der Waals surface area contributed by atoms with Crippen LogP contribution in [0.4, 0.5) is 0 Å². The standard InChI is InChI=1S/C28H53NO3.CH4O/c1-3-4-5-6-7-9-12-15-18-26(19-16-13-10-8-11-14-17-24-30)25-32-28(31)27-20-22-29(2)23-21-27;1-2/h24,26-27H,3-23,25H2,1-2H3;2H,1H3. The normalized spacial score (nSPS) is 15.4. The number of hydrogen-bond donors (Lipinski definition) is 1. The number of hydrogen-bond acceptors (Lipinski definition) is 5. The molecule has 5 heteroatoms. The summed E-state index contributed by atoms with van der Waals surface area (Å²) in [7, 11) is 3.13. The van der Waals surface area contributed by atoms with Gasteiger partial charge in [0.05, 0.1) is 12.5 Å². The molecular formula is C29H57NO4. The summed E-state index contributed by atoms with van der Waals surface area (Å²) in [6.45, 7) is 4.91. The number of rotatable bonds is 21. The molecule has 1 saturated heterocycles. The highest BCUT2D eigenvalue weighted by Crippen LogP contribution is 2.22. The van der Waals surface area contributed by atoms with Crippen molar-refractivity contribution in [1.29, 1.82) is 0 Å². The van der Waals surface area contributed by atoms with E-state index in [0.717, 1.165) is 45.7 Å². The van der Waals surface area contributed by atoms with Crippen LogP contribution in [-0.4, -0.2) is 56.1 Å². The Kier molecular flexibility index (Phi) is 24.5. The number of ether oxygens (including phenoxy) is 1. The average molecular weight is 484 g/mol. The Morgan fingerprint density at radius 1 is 0.853 bits per heavy atom. The molecule has 1 atom stereocenters. The summed E-state index contributed by atoms with van der Waals surface area (Å²) >= 11 is 0. The molecule has 1 N–H and O–H groups in total. The summed E-state index contributed by atoms with van der Waals surface area (Å²) in [5, 5.41) is 7.00. The molecule has 0 aliphatic carbocycles. The molecule has 1 heterocycles. The summed E-state index contributed by atoms with van der Waals surface area (Å²) in [5.74, 6) is 0.691. The van der Waals surface area contributed by atoms with E-state index in [1.165, 1.54) is 96.3 Å². The fourth-order valence-electron chi connectivity index (χ4n) is 4.81. The van der Waals surface area contributed by atoms with Crippen LogP contribution in [0.1, 0.15) is 129 Å². The number of carbonyl (C=O) groups excluding carboxylic acids is 2. The first-order valence-electron chi connectivity index (χ1n) is 14.4. The van der Waals surface area contributed by atoms with E-state index in [0.29, 0.717) is 18.9 Å². The van der Waals surface area contributed by atoms with Gasteiger partial charge in [0.2, 0.25) is 0 Å². The molecule has 1 rings (SSSR count). The van der Waals surface area contributed by atoms with Crippen molar-refractivity contribution >= 4 is 12.3 Å². The van der Waals surface area contributed by atoms with Crippen molar-refractivity contribution in [1.82, 2.24) is 4.90 Å². The number of esters is 1. The van der Waals surface area contributed by atoms with E-state index < -0.39 is 0 Å².